The second-order valence-electron chi connectivity index (χ2n) is 6.31. The zero-order valence-corrected chi connectivity index (χ0v) is 12.2. The Morgan fingerprint density at radius 1 is 1.17 bits per heavy atom. The summed E-state index contributed by atoms with van der Waals surface area (Å²) in [6.45, 7) is 11.4. The van der Waals surface area contributed by atoms with Gasteiger partial charge in [0, 0.05) is 0 Å². The molecule has 1 atom stereocenters. The maximum atomic E-state index is 2.40. The monoisotopic (exact) mass is 240 g/mol. The van der Waals surface area contributed by atoms with Crippen LogP contribution in [-0.2, 0) is 5.41 Å². The molecule has 0 heterocycles. The highest BCUT2D eigenvalue weighted by molar-refractivity contribution is 5.70. The molecule has 1 aliphatic carbocycles. The lowest BCUT2D eigenvalue weighted by Gasteiger charge is -2.20. The minimum atomic E-state index is 0.342. The molecule has 0 aromatic heterocycles. The third-order valence-electron chi connectivity index (χ3n) is 4.65. The Kier molecular flexibility index (Phi) is 3.23. The van der Waals surface area contributed by atoms with Gasteiger partial charge in [-0.3, -0.25) is 0 Å². The predicted molar refractivity (Wildman–Crippen MR) is 80.7 cm³/mol. The summed E-state index contributed by atoms with van der Waals surface area (Å²) in [4.78, 5) is 0. The molecular weight excluding hydrogens is 216 g/mol. The molecule has 1 aromatic carbocycles. The van der Waals surface area contributed by atoms with E-state index < -0.39 is 0 Å². The molecule has 1 unspecified atom stereocenters. The SMILES string of the molecule is C/C=C\C=C(/C)c1ccccc1C1(C)CC1(C)C. The van der Waals surface area contributed by atoms with Crippen molar-refractivity contribution in [2.75, 3.05) is 0 Å². The molecule has 18 heavy (non-hydrogen) atoms. The van der Waals surface area contributed by atoms with E-state index >= 15 is 0 Å². The minimum Gasteiger partial charge on any atom is -0.0877 e. The lowest BCUT2D eigenvalue weighted by Crippen LogP contribution is -2.11. The van der Waals surface area contributed by atoms with Crippen molar-refractivity contribution < 1.29 is 0 Å². The van der Waals surface area contributed by atoms with Gasteiger partial charge in [-0.25, -0.2) is 0 Å². The van der Waals surface area contributed by atoms with Gasteiger partial charge in [-0.2, -0.15) is 0 Å². The van der Waals surface area contributed by atoms with Crippen molar-refractivity contribution in [1.29, 1.82) is 0 Å². The van der Waals surface area contributed by atoms with Gasteiger partial charge in [-0.15, -0.1) is 0 Å². The van der Waals surface area contributed by atoms with Crippen molar-refractivity contribution in [3.05, 3.63) is 53.6 Å². The van der Waals surface area contributed by atoms with Gasteiger partial charge in [0.15, 0.2) is 0 Å². The van der Waals surface area contributed by atoms with Gasteiger partial charge in [-0.1, -0.05) is 63.3 Å². The molecule has 2 rings (SSSR count). The molecule has 0 N–H and O–H groups in total. The molecule has 0 radical (unpaired) electrons. The number of hydrogen-bond acceptors (Lipinski definition) is 0. The van der Waals surface area contributed by atoms with Crippen LogP contribution in [0.4, 0.5) is 0 Å². The van der Waals surface area contributed by atoms with E-state index in [9.17, 15) is 0 Å². The summed E-state index contributed by atoms with van der Waals surface area (Å²) < 4.78 is 0. The number of hydrogen-bond donors (Lipinski definition) is 0. The van der Waals surface area contributed by atoms with E-state index in [1.54, 1.807) is 0 Å². The van der Waals surface area contributed by atoms with Gasteiger partial charge in [0.25, 0.3) is 0 Å². The van der Waals surface area contributed by atoms with Crippen molar-refractivity contribution in [1.82, 2.24) is 0 Å². The molecule has 0 heteroatoms. The molecule has 0 saturated heterocycles. The average Bonchev–Trinajstić information content (AvgIpc) is 2.87. The molecule has 0 amide bonds. The summed E-state index contributed by atoms with van der Waals surface area (Å²) in [6, 6.07) is 8.87. The second-order valence-corrected chi connectivity index (χ2v) is 6.31. The van der Waals surface area contributed by atoms with Crippen molar-refractivity contribution in [2.24, 2.45) is 5.41 Å². The maximum absolute atomic E-state index is 2.40. The zero-order chi connectivity index (χ0) is 13.4. The lowest BCUT2D eigenvalue weighted by atomic mass is 9.84. The molecule has 0 nitrogen and oxygen atoms in total. The average molecular weight is 240 g/mol. The summed E-state index contributed by atoms with van der Waals surface area (Å²) in [5.41, 5.74) is 5.04. The summed E-state index contributed by atoms with van der Waals surface area (Å²) in [6.07, 6.45) is 7.69. The second kappa shape index (κ2) is 4.42. The Hall–Kier alpha value is -1.30. The third-order valence-corrected chi connectivity index (χ3v) is 4.65. The van der Waals surface area contributed by atoms with Crippen LogP contribution in [0.5, 0.6) is 0 Å². The topological polar surface area (TPSA) is 0 Å². The number of rotatable bonds is 3. The molecule has 0 bridgehead atoms. The first kappa shape index (κ1) is 13.1. The van der Waals surface area contributed by atoms with Crippen molar-refractivity contribution in [2.45, 2.75) is 46.5 Å². The van der Waals surface area contributed by atoms with Crippen LogP contribution in [0.15, 0.2) is 42.5 Å². The maximum Gasteiger partial charge on any atom is -0.00124 e. The molecule has 0 aliphatic heterocycles. The molecule has 1 saturated carbocycles. The van der Waals surface area contributed by atoms with Gasteiger partial charge >= 0.3 is 0 Å². The van der Waals surface area contributed by atoms with Crippen LogP contribution >= 0.6 is 0 Å². The molecule has 1 fully saturated rings. The third kappa shape index (κ3) is 2.05. The van der Waals surface area contributed by atoms with E-state index in [4.69, 9.17) is 0 Å². The van der Waals surface area contributed by atoms with Gasteiger partial charge in [0.1, 0.15) is 0 Å². The summed E-state index contributed by atoms with van der Waals surface area (Å²) in [5.74, 6) is 0. The van der Waals surface area contributed by atoms with E-state index in [1.807, 2.05) is 0 Å². The Balaban J connectivity index is 2.45. The quantitative estimate of drug-likeness (QED) is 0.624. The van der Waals surface area contributed by atoms with E-state index in [1.165, 1.54) is 23.1 Å². The van der Waals surface area contributed by atoms with Crippen LogP contribution in [0.1, 0.15) is 52.2 Å². The van der Waals surface area contributed by atoms with Crippen LogP contribution in [0, 0.1) is 5.41 Å². The van der Waals surface area contributed by atoms with Crippen molar-refractivity contribution in [3.63, 3.8) is 0 Å². The van der Waals surface area contributed by atoms with Crippen LogP contribution in [0.3, 0.4) is 0 Å². The van der Waals surface area contributed by atoms with Gasteiger partial charge in [-0.05, 0) is 47.8 Å². The standard InChI is InChI=1S/C18H24/c1-6-7-10-14(2)15-11-8-9-12-16(15)18(5)13-17(18,3)4/h6-12H,13H2,1-5H3/b7-6-,14-10+. The van der Waals surface area contributed by atoms with Crippen LogP contribution < -0.4 is 0 Å². The first-order valence-electron chi connectivity index (χ1n) is 6.82. The van der Waals surface area contributed by atoms with Gasteiger partial charge in [0.2, 0.25) is 0 Å². The highest BCUT2D eigenvalue weighted by Crippen LogP contribution is 2.64. The smallest absolute Gasteiger partial charge is 0.00124 e. The van der Waals surface area contributed by atoms with Gasteiger partial charge < -0.3 is 0 Å². The highest BCUT2D eigenvalue weighted by Gasteiger charge is 2.58. The van der Waals surface area contributed by atoms with Crippen LogP contribution in [-0.4, -0.2) is 0 Å². The zero-order valence-electron chi connectivity index (χ0n) is 12.2. The Morgan fingerprint density at radius 3 is 2.33 bits per heavy atom. The fourth-order valence-electron chi connectivity index (χ4n) is 2.94. The predicted octanol–water partition coefficient (Wildman–Crippen LogP) is 5.35. The number of benzene rings is 1. The Labute approximate surface area is 111 Å². The fraction of sp³-hybridized carbons (Fsp3) is 0.444. The first-order valence-corrected chi connectivity index (χ1v) is 6.82. The Morgan fingerprint density at radius 2 is 1.78 bits per heavy atom. The summed E-state index contributed by atoms with van der Waals surface area (Å²) >= 11 is 0. The molecular formula is C18H24. The molecule has 1 aromatic rings. The van der Waals surface area contributed by atoms with Crippen LogP contribution in [0.25, 0.3) is 5.57 Å². The number of allylic oxidation sites excluding steroid dienone is 4. The van der Waals surface area contributed by atoms with E-state index in [0.717, 1.165) is 0 Å². The highest BCUT2D eigenvalue weighted by atomic mass is 14.6. The van der Waals surface area contributed by atoms with Crippen LogP contribution in [0.2, 0.25) is 0 Å². The van der Waals surface area contributed by atoms with E-state index in [-0.39, 0.29) is 0 Å². The lowest BCUT2D eigenvalue weighted by molar-refractivity contribution is 0.527. The molecule has 1 aliphatic rings. The normalized spacial score (nSPS) is 26.6. The van der Waals surface area contributed by atoms with Crippen molar-refractivity contribution >= 4 is 5.57 Å². The van der Waals surface area contributed by atoms with Gasteiger partial charge in [0.05, 0.1) is 0 Å². The summed E-state index contributed by atoms with van der Waals surface area (Å²) in [5, 5.41) is 0. The van der Waals surface area contributed by atoms with Crippen molar-refractivity contribution in [3.8, 4) is 0 Å². The summed E-state index contributed by atoms with van der Waals surface area (Å²) in [7, 11) is 0. The fourth-order valence-corrected chi connectivity index (χ4v) is 2.94. The largest absolute Gasteiger partial charge is 0.0877 e. The molecule has 0 spiro atoms. The minimum absolute atomic E-state index is 0.342. The Bertz CT molecular complexity index is 503. The first-order chi connectivity index (χ1) is 8.42. The molecule has 96 valence electrons. The van der Waals surface area contributed by atoms with E-state index in [2.05, 4.69) is 77.1 Å². The van der Waals surface area contributed by atoms with E-state index in [0.29, 0.717) is 10.8 Å².